The maximum atomic E-state index is 10.0. The third-order valence-corrected chi connectivity index (χ3v) is 4.61. The Morgan fingerprint density at radius 3 is 3.12 bits per heavy atom. The zero-order chi connectivity index (χ0) is 12.0. The lowest BCUT2D eigenvalue weighted by Crippen LogP contribution is -2.47. The van der Waals surface area contributed by atoms with Gasteiger partial charge in [-0.2, -0.15) is 0 Å². The van der Waals surface area contributed by atoms with Gasteiger partial charge in [-0.15, -0.1) is 0 Å². The van der Waals surface area contributed by atoms with Gasteiger partial charge in [-0.1, -0.05) is 6.07 Å². The van der Waals surface area contributed by atoms with Crippen LogP contribution < -0.4 is 4.74 Å². The smallest absolute Gasteiger partial charge is 0.172 e. The highest BCUT2D eigenvalue weighted by Gasteiger charge is 2.37. The molecular weight excluding hydrogens is 282 g/mol. The molecule has 0 aliphatic carbocycles. The number of fused-ring (bicyclic) bond motifs is 3. The molecule has 0 unspecified atom stereocenters. The summed E-state index contributed by atoms with van der Waals surface area (Å²) in [5.74, 6) is 1.42. The molecule has 4 heteroatoms. The lowest BCUT2D eigenvalue weighted by atomic mass is 9.82. The number of nitrogens with zero attached hydrogens (tertiary/aromatic N) is 1. The number of hydrogen-bond acceptors (Lipinski definition) is 3. The molecule has 0 spiro atoms. The van der Waals surface area contributed by atoms with Crippen molar-refractivity contribution in [2.75, 3.05) is 20.2 Å². The summed E-state index contributed by atoms with van der Waals surface area (Å²) in [6, 6.07) is 4.45. The fourth-order valence-corrected chi connectivity index (χ4v) is 3.32. The van der Waals surface area contributed by atoms with Gasteiger partial charge in [0.2, 0.25) is 0 Å². The third kappa shape index (κ3) is 1.74. The molecule has 3 rings (SSSR count). The van der Waals surface area contributed by atoms with E-state index in [9.17, 15) is 5.11 Å². The van der Waals surface area contributed by atoms with E-state index >= 15 is 0 Å². The Bertz CT molecular complexity index is 449. The molecule has 1 saturated heterocycles. The molecule has 2 aliphatic rings. The summed E-state index contributed by atoms with van der Waals surface area (Å²) in [5, 5.41) is 10.0. The Morgan fingerprint density at radius 2 is 2.29 bits per heavy atom. The lowest BCUT2D eigenvalue weighted by molar-refractivity contribution is 0.0848. The van der Waals surface area contributed by atoms with E-state index in [1.807, 2.05) is 6.07 Å². The number of benzene rings is 1. The first-order chi connectivity index (χ1) is 8.18. The Morgan fingerprint density at radius 1 is 1.47 bits per heavy atom. The van der Waals surface area contributed by atoms with Crippen LogP contribution in [0, 0.1) is 0 Å². The van der Waals surface area contributed by atoms with Crippen molar-refractivity contribution in [2.24, 2.45) is 0 Å². The van der Waals surface area contributed by atoms with E-state index in [1.165, 1.54) is 12.8 Å². The van der Waals surface area contributed by atoms with Crippen LogP contribution in [0.4, 0.5) is 0 Å². The minimum absolute atomic E-state index is 0.245. The van der Waals surface area contributed by atoms with Crippen molar-refractivity contribution in [3.8, 4) is 11.5 Å². The number of aromatic hydroxyl groups is 1. The maximum absolute atomic E-state index is 10.0. The highest BCUT2D eigenvalue weighted by molar-refractivity contribution is 9.10. The molecule has 1 fully saturated rings. The number of phenolic OH excluding ortho intramolecular Hbond substituents is 1. The monoisotopic (exact) mass is 297 g/mol. The molecule has 2 atom stereocenters. The predicted octanol–water partition coefficient (Wildman–Crippen LogP) is 2.72. The summed E-state index contributed by atoms with van der Waals surface area (Å²) in [6.45, 7) is 1.82. The van der Waals surface area contributed by atoms with Gasteiger partial charge in [-0.25, -0.2) is 0 Å². The molecule has 1 N–H and O–H groups in total. The van der Waals surface area contributed by atoms with Crippen molar-refractivity contribution in [3.63, 3.8) is 0 Å². The zero-order valence-electron chi connectivity index (χ0n) is 9.82. The number of likely N-dealkylation sites (tertiary alicyclic amines) is 1. The van der Waals surface area contributed by atoms with Crippen LogP contribution in [-0.2, 0) is 0 Å². The second-order valence-corrected chi connectivity index (χ2v) is 5.78. The fraction of sp³-hybridized carbons (Fsp3) is 0.538. The van der Waals surface area contributed by atoms with Crippen LogP contribution in [0.3, 0.4) is 0 Å². The van der Waals surface area contributed by atoms with Crippen LogP contribution in [0.15, 0.2) is 16.6 Å². The van der Waals surface area contributed by atoms with Crippen molar-refractivity contribution in [2.45, 2.75) is 24.8 Å². The summed E-state index contributed by atoms with van der Waals surface area (Å²) < 4.78 is 6.46. The van der Waals surface area contributed by atoms with Crippen molar-refractivity contribution in [3.05, 3.63) is 22.2 Å². The Hall–Kier alpha value is -0.740. The number of phenols is 1. The molecule has 0 bridgehead atoms. The van der Waals surface area contributed by atoms with Gasteiger partial charge in [0.05, 0.1) is 10.5 Å². The van der Waals surface area contributed by atoms with Crippen molar-refractivity contribution >= 4 is 15.9 Å². The Balaban J connectivity index is 2.05. The Kier molecular flexibility index (Phi) is 2.79. The van der Waals surface area contributed by atoms with Gasteiger partial charge >= 0.3 is 0 Å². The van der Waals surface area contributed by atoms with Gasteiger partial charge in [0.1, 0.15) is 6.61 Å². The molecular formula is C13H16BrNO2. The van der Waals surface area contributed by atoms with Crippen LogP contribution in [-0.4, -0.2) is 36.2 Å². The van der Waals surface area contributed by atoms with Gasteiger partial charge in [-0.05, 0) is 48.4 Å². The summed E-state index contributed by atoms with van der Waals surface area (Å²) in [4.78, 5) is 2.37. The van der Waals surface area contributed by atoms with E-state index < -0.39 is 0 Å². The molecule has 0 saturated carbocycles. The minimum atomic E-state index is 0.245. The van der Waals surface area contributed by atoms with Crippen LogP contribution >= 0.6 is 15.9 Å². The molecule has 92 valence electrons. The lowest BCUT2D eigenvalue weighted by Gasteiger charge is -2.42. The number of hydrogen-bond donors (Lipinski definition) is 1. The van der Waals surface area contributed by atoms with E-state index in [4.69, 9.17) is 4.74 Å². The number of rotatable bonds is 0. The first-order valence-electron chi connectivity index (χ1n) is 6.03. The molecule has 0 radical (unpaired) electrons. The van der Waals surface area contributed by atoms with Crippen molar-refractivity contribution in [1.29, 1.82) is 0 Å². The highest BCUT2D eigenvalue weighted by Crippen LogP contribution is 2.47. The molecule has 1 aromatic carbocycles. The summed E-state index contributed by atoms with van der Waals surface area (Å²) in [5.41, 5.74) is 1.16. The number of piperidine rings is 1. The zero-order valence-corrected chi connectivity index (χ0v) is 11.4. The van der Waals surface area contributed by atoms with E-state index in [1.54, 1.807) is 0 Å². The predicted molar refractivity (Wildman–Crippen MR) is 69.7 cm³/mol. The topological polar surface area (TPSA) is 32.7 Å². The normalized spacial score (nSPS) is 28.1. The summed E-state index contributed by atoms with van der Waals surface area (Å²) >= 11 is 3.33. The van der Waals surface area contributed by atoms with Crippen LogP contribution in [0.1, 0.15) is 24.3 Å². The van der Waals surface area contributed by atoms with Gasteiger partial charge in [0.15, 0.2) is 11.5 Å². The third-order valence-electron chi connectivity index (χ3n) is 3.97. The minimum Gasteiger partial charge on any atom is -0.503 e. The first-order valence-corrected chi connectivity index (χ1v) is 6.82. The summed E-state index contributed by atoms with van der Waals surface area (Å²) in [6.07, 6.45) is 2.40. The van der Waals surface area contributed by atoms with Crippen LogP contribution in [0.25, 0.3) is 0 Å². The number of halogens is 1. The van der Waals surface area contributed by atoms with E-state index in [-0.39, 0.29) is 5.75 Å². The van der Waals surface area contributed by atoms with E-state index in [0.717, 1.165) is 12.1 Å². The van der Waals surface area contributed by atoms with E-state index in [0.29, 0.717) is 28.8 Å². The first kappa shape index (κ1) is 11.4. The van der Waals surface area contributed by atoms with Crippen LogP contribution in [0.2, 0.25) is 0 Å². The van der Waals surface area contributed by atoms with Crippen molar-refractivity contribution < 1.29 is 9.84 Å². The van der Waals surface area contributed by atoms with Gasteiger partial charge in [0, 0.05) is 11.5 Å². The summed E-state index contributed by atoms with van der Waals surface area (Å²) in [7, 11) is 2.16. The van der Waals surface area contributed by atoms with Crippen molar-refractivity contribution in [1.82, 2.24) is 4.90 Å². The molecule has 2 heterocycles. The standard InChI is InChI=1S/C13H16BrNO2/c1-15-6-2-3-8-9-4-5-10(14)12(16)13(9)17-7-11(8)15/h4-5,8,11,16H,2-3,6-7H2,1H3/t8-,11-/m1/s1. The van der Waals surface area contributed by atoms with Gasteiger partial charge in [-0.3, -0.25) is 4.90 Å². The average Bonchev–Trinajstić information content (AvgIpc) is 2.34. The molecule has 0 amide bonds. The average molecular weight is 298 g/mol. The number of ether oxygens (including phenoxy) is 1. The molecule has 17 heavy (non-hydrogen) atoms. The Labute approximate surface area is 110 Å². The maximum Gasteiger partial charge on any atom is 0.172 e. The van der Waals surface area contributed by atoms with Crippen LogP contribution in [0.5, 0.6) is 11.5 Å². The second-order valence-electron chi connectivity index (χ2n) is 4.92. The quantitative estimate of drug-likeness (QED) is 0.799. The van der Waals surface area contributed by atoms with Gasteiger partial charge < -0.3 is 9.84 Å². The fourth-order valence-electron chi connectivity index (χ4n) is 3.01. The molecule has 1 aromatic rings. The highest BCUT2D eigenvalue weighted by atomic mass is 79.9. The molecule has 0 aromatic heterocycles. The second kappa shape index (κ2) is 4.18. The van der Waals surface area contributed by atoms with E-state index in [2.05, 4.69) is 33.9 Å². The SMILES string of the molecule is CN1CCC[C@@H]2c3ccc(Br)c(O)c3OC[C@H]21. The molecule has 2 aliphatic heterocycles. The number of likely N-dealkylation sites (N-methyl/N-ethyl adjacent to an activating group) is 1. The molecule has 3 nitrogen and oxygen atoms in total. The largest absolute Gasteiger partial charge is 0.503 e. The van der Waals surface area contributed by atoms with Gasteiger partial charge in [0.25, 0.3) is 0 Å².